The van der Waals surface area contributed by atoms with E-state index in [-0.39, 0.29) is 0 Å². The van der Waals surface area contributed by atoms with E-state index in [4.69, 9.17) is 23.2 Å². The van der Waals surface area contributed by atoms with Crippen LogP contribution in [0, 0.1) is 0 Å². The molecule has 2 rings (SSSR count). The lowest BCUT2D eigenvalue weighted by Crippen LogP contribution is -2.41. The summed E-state index contributed by atoms with van der Waals surface area (Å²) in [4.78, 5) is 2.44. The van der Waals surface area contributed by atoms with Gasteiger partial charge in [0.1, 0.15) is 0 Å². The molecule has 1 aromatic carbocycles. The van der Waals surface area contributed by atoms with Crippen LogP contribution >= 0.6 is 23.2 Å². The summed E-state index contributed by atoms with van der Waals surface area (Å²) in [5.74, 6) is 1.38. The Labute approximate surface area is 114 Å². The Bertz CT molecular complexity index is 348. The van der Waals surface area contributed by atoms with Crippen LogP contribution in [0.15, 0.2) is 24.3 Å². The lowest BCUT2D eigenvalue weighted by molar-refractivity contribution is 0.201. The van der Waals surface area contributed by atoms with Crippen molar-refractivity contribution in [3.63, 3.8) is 0 Å². The summed E-state index contributed by atoms with van der Waals surface area (Å²) in [5.41, 5.74) is 3.01. The quantitative estimate of drug-likeness (QED) is 0.743. The zero-order valence-electron chi connectivity index (χ0n) is 10.0. The van der Waals surface area contributed by atoms with Crippen LogP contribution in [-0.2, 0) is 12.8 Å². The predicted molar refractivity (Wildman–Crippen MR) is 75.3 cm³/mol. The van der Waals surface area contributed by atoms with Crippen molar-refractivity contribution in [2.24, 2.45) is 0 Å². The van der Waals surface area contributed by atoms with Crippen molar-refractivity contribution in [1.82, 2.24) is 4.90 Å². The average molecular weight is 272 g/mol. The number of halogens is 2. The number of rotatable bonds is 5. The number of benzene rings is 1. The second-order valence-electron chi connectivity index (χ2n) is 4.58. The van der Waals surface area contributed by atoms with E-state index in [2.05, 4.69) is 29.2 Å². The van der Waals surface area contributed by atoms with Gasteiger partial charge in [0.25, 0.3) is 0 Å². The molecule has 0 unspecified atom stereocenters. The standard InChI is InChI=1S/C14H19Cl2N/c15-7-9-17(10-8-16)14-6-5-12-3-1-2-4-13(12)11-14/h1-4,14H,5-11H2/t14-/m1/s1. The van der Waals surface area contributed by atoms with Crippen LogP contribution < -0.4 is 0 Å². The van der Waals surface area contributed by atoms with E-state index in [0.29, 0.717) is 17.8 Å². The number of hydrogen-bond acceptors (Lipinski definition) is 1. The summed E-state index contributed by atoms with van der Waals surface area (Å²) in [5, 5.41) is 0. The van der Waals surface area contributed by atoms with Crippen LogP contribution in [0.4, 0.5) is 0 Å². The van der Waals surface area contributed by atoms with E-state index < -0.39 is 0 Å². The number of fused-ring (bicyclic) bond motifs is 1. The van der Waals surface area contributed by atoms with Gasteiger partial charge in [-0.3, -0.25) is 4.90 Å². The second kappa shape index (κ2) is 6.63. The normalized spacial score (nSPS) is 19.4. The molecule has 17 heavy (non-hydrogen) atoms. The molecule has 1 atom stereocenters. The van der Waals surface area contributed by atoms with Gasteiger partial charge >= 0.3 is 0 Å². The number of nitrogens with zero attached hydrogens (tertiary/aromatic N) is 1. The predicted octanol–water partition coefficient (Wildman–Crippen LogP) is 3.32. The van der Waals surface area contributed by atoms with Gasteiger partial charge in [-0.15, -0.1) is 23.2 Å². The Balaban J connectivity index is 2.04. The van der Waals surface area contributed by atoms with Crippen LogP contribution in [-0.4, -0.2) is 35.8 Å². The maximum absolute atomic E-state index is 5.87. The average Bonchev–Trinajstić information content (AvgIpc) is 2.38. The van der Waals surface area contributed by atoms with Gasteiger partial charge in [0.15, 0.2) is 0 Å². The van der Waals surface area contributed by atoms with Crippen LogP contribution in [0.1, 0.15) is 17.5 Å². The molecule has 0 N–H and O–H groups in total. The molecule has 3 heteroatoms. The lowest BCUT2D eigenvalue weighted by atomic mass is 9.87. The van der Waals surface area contributed by atoms with Gasteiger partial charge in [0, 0.05) is 30.9 Å². The third-order valence-corrected chi connectivity index (χ3v) is 3.92. The van der Waals surface area contributed by atoms with Crippen LogP contribution in [0.5, 0.6) is 0 Å². The monoisotopic (exact) mass is 271 g/mol. The van der Waals surface area contributed by atoms with Gasteiger partial charge in [0.2, 0.25) is 0 Å². The Kier molecular flexibility index (Phi) is 5.15. The second-order valence-corrected chi connectivity index (χ2v) is 5.34. The minimum atomic E-state index is 0.613. The summed E-state index contributed by atoms with van der Waals surface area (Å²) >= 11 is 11.7. The summed E-state index contributed by atoms with van der Waals surface area (Å²) in [6.45, 7) is 1.89. The molecule has 0 amide bonds. The third kappa shape index (κ3) is 3.37. The molecule has 0 bridgehead atoms. The maximum atomic E-state index is 5.87. The molecule has 0 spiro atoms. The molecular formula is C14H19Cl2N. The van der Waals surface area contributed by atoms with E-state index in [0.717, 1.165) is 19.5 Å². The molecule has 0 radical (unpaired) electrons. The zero-order chi connectivity index (χ0) is 12.1. The van der Waals surface area contributed by atoms with Crippen molar-refractivity contribution >= 4 is 23.2 Å². The van der Waals surface area contributed by atoms with E-state index in [1.54, 1.807) is 0 Å². The highest BCUT2D eigenvalue weighted by Crippen LogP contribution is 2.24. The van der Waals surface area contributed by atoms with Crippen LogP contribution in [0.25, 0.3) is 0 Å². The molecule has 1 aromatic rings. The first-order valence-electron chi connectivity index (χ1n) is 6.28. The van der Waals surface area contributed by atoms with E-state index in [1.807, 2.05) is 0 Å². The Morgan fingerprint density at radius 2 is 1.71 bits per heavy atom. The number of hydrogen-bond donors (Lipinski definition) is 0. The highest BCUT2D eigenvalue weighted by Gasteiger charge is 2.23. The van der Waals surface area contributed by atoms with Gasteiger partial charge < -0.3 is 0 Å². The topological polar surface area (TPSA) is 3.24 Å². The minimum Gasteiger partial charge on any atom is -0.298 e. The summed E-state index contributed by atoms with van der Waals surface area (Å²) < 4.78 is 0. The van der Waals surface area contributed by atoms with Crippen molar-refractivity contribution in [1.29, 1.82) is 0 Å². The Morgan fingerprint density at radius 3 is 2.35 bits per heavy atom. The maximum Gasteiger partial charge on any atom is 0.0351 e. The summed E-state index contributed by atoms with van der Waals surface area (Å²) in [6, 6.07) is 9.38. The largest absolute Gasteiger partial charge is 0.298 e. The molecule has 0 saturated carbocycles. The first-order chi connectivity index (χ1) is 8.35. The van der Waals surface area contributed by atoms with Gasteiger partial charge in [0.05, 0.1) is 0 Å². The molecule has 0 saturated heterocycles. The summed E-state index contributed by atoms with van der Waals surface area (Å²) in [6.07, 6.45) is 3.55. The molecule has 94 valence electrons. The van der Waals surface area contributed by atoms with Crippen molar-refractivity contribution in [3.8, 4) is 0 Å². The molecule has 0 aliphatic heterocycles. The fraction of sp³-hybridized carbons (Fsp3) is 0.571. The SMILES string of the molecule is ClCCN(CCCl)[C@@H]1CCc2ccccc2C1. The smallest absolute Gasteiger partial charge is 0.0351 e. The Hall–Kier alpha value is -0.240. The van der Waals surface area contributed by atoms with Crippen molar-refractivity contribution in [2.45, 2.75) is 25.3 Å². The van der Waals surface area contributed by atoms with Crippen molar-refractivity contribution in [3.05, 3.63) is 35.4 Å². The molecule has 1 nitrogen and oxygen atoms in total. The summed E-state index contributed by atoms with van der Waals surface area (Å²) in [7, 11) is 0. The first kappa shape index (κ1) is 13.2. The first-order valence-corrected chi connectivity index (χ1v) is 7.35. The van der Waals surface area contributed by atoms with Crippen LogP contribution in [0.3, 0.4) is 0 Å². The van der Waals surface area contributed by atoms with Gasteiger partial charge in [-0.1, -0.05) is 24.3 Å². The number of aryl methyl sites for hydroxylation is 1. The zero-order valence-corrected chi connectivity index (χ0v) is 11.6. The van der Waals surface area contributed by atoms with Gasteiger partial charge in [-0.2, -0.15) is 0 Å². The fourth-order valence-electron chi connectivity index (χ4n) is 2.68. The van der Waals surface area contributed by atoms with Crippen molar-refractivity contribution in [2.75, 3.05) is 24.8 Å². The number of alkyl halides is 2. The van der Waals surface area contributed by atoms with Crippen molar-refractivity contribution < 1.29 is 0 Å². The third-order valence-electron chi connectivity index (χ3n) is 3.58. The van der Waals surface area contributed by atoms with E-state index >= 15 is 0 Å². The Morgan fingerprint density at radius 1 is 1.06 bits per heavy atom. The highest BCUT2D eigenvalue weighted by molar-refractivity contribution is 6.18. The molecule has 1 aliphatic carbocycles. The minimum absolute atomic E-state index is 0.613. The van der Waals surface area contributed by atoms with Gasteiger partial charge in [-0.05, 0) is 30.4 Å². The fourth-order valence-corrected chi connectivity index (χ4v) is 3.12. The molecule has 0 aromatic heterocycles. The van der Waals surface area contributed by atoms with E-state index in [9.17, 15) is 0 Å². The molecule has 1 aliphatic rings. The lowest BCUT2D eigenvalue weighted by Gasteiger charge is -2.34. The van der Waals surface area contributed by atoms with Crippen LogP contribution in [0.2, 0.25) is 0 Å². The molecular weight excluding hydrogens is 253 g/mol. The van der Waals surface area contributed by atoms with Gasteiger partial charge in [-0.25, -0.2) is 0 Å². The van der Waals surface area contributed by atoms with E-state index in [1.165, 1.54) is 24.0 Å². The molecule has 0 heterocycles. The highest BCUT2D eigenvalue weighted by atomic mass is 35.5. The molecule has 0 fully saturated rings.